The predicted molar refractivity (Wildman–Crippen MR) is 92.1 cm³/mol. The van der Waals surface area contributed by atoms with Crippen LogP contribution < -0.4 is 5.73 Å². The van der Waals surface area contributed by atoms with Gasteiger partial charge in [-0.3, -0.25) is 4.68 Å². The monoisotopic (exact) mass is 333 g/mol. The van der Waals surface area contributed by atoms with Gasteiger partial charge >= 0.3 is 0 Å². The maximum Gasteiger partial charge on any atom is 0.0850 e. The lowest BCUT2D eigenvalue weighted by Gasteiger charge is -2.34. The van der Waals surface area contributed by atoms with Gasteiger partial charge in [0.2, 0.25) is 0 Å². The Labute approximate surface area is 135 Å². The van der Waals surface area contributed by atoms with Crippen LogP contribution in [0.2, 0.25) is 5.02 Å². The van der Waals surface area contributed by atoms with Crippen LogP contribution in [0.1, 0.15) is 31.7 Å². The van der Waals surface area contributed by atoms with Crippen LogP contribution in [0.25, 0.3) is 0 Å². The second-order valence-electron chi connectivity index (χ2n) is 5.21. The highest BCUT2D eigenvalue weighted by Gasteiger charge is 2.31. The highest BCUT2D eigenvalue weighted by molar-refractivity contribution is 8.07. The molecule has 0 radical (unpaired) electrons. The van der Waals surface area contributed by atoms with Gasteiger partial charge in [0.1, 0.15) is 0 Å². The molecular weight excluding hydrogens is 310 g/mol. The number of hydrogen-bond donors (Lipinski definition) is 1. The average molecular weight is 334 g/mol. The van der Waals surface area contributed by atoms with Crippen LogP contribution in [0.4, 0.5) is 0 Å². The molecule has 0 aliphatic carbocycles. The minimum absolute atomic E-state index is 0.148. The van der Waals surface area contributed by atoms with Crippen molar-refractivity contribution in [1.82, 2.24) is 9.78 Å². The first kappa shape index (κ1) is 16.5. The van der Waals surface area contributed by atoms with Gasteiger partial charge in [-0.2, -0.15) is 28.6 Å². The van der Waals surface area contributed by atoms with Gasteiger partial charge in [-0.1, -0.05) is 25.4 Å². The van der Waals surface area contributed by atoms with Crippen molar-refractivity contribution in [2.75, 3.05) is 11.5 Å². The van der Waals surface area contributed by atoms with E-state index in [1.807, 2.05) is 23.5 Å². The van der Waals surface area contributed by atoms with Crippen molar-refractivity contribution in [2.24, 2.45) is 12.8 Å². The molecule has 1 aliphatic heterocycles. The Kier molecular flexibility index (Phi) is 6.14. The first-order chi connectivity index (χ1) is 9.58. The van der Waals surface area contributed by atoms with E-state index in [1.54, 1.807) is 0 Å². The third kappa shape index (κ3) is 3.49. The third-order valence-corrected chi connectivity index (χ3v) is 7.71. The molecule has 1 aromatic rings. The zero-order valence-electron chi connectivity index (χ0n) is 12.4. The molecule has 1 aromatic heterocycles. The molecule has 2 N–H and O–H groups in total. The van der Waals surface area contributed by atoms with Crippen molar-refractivity contribution in [3.8, 4) is 0 Å². The van der Waals surface area contributed by atoms with E-state index in [4.69, 9.17) is 17.3 Å². The minimum atomic E-state index is 0.148. The van der Waals surface area contributed by atoms with E-state index in [0.717, 1.165) is 29.3 Å². The van der Waals surface area contributed by atoms with E-state index < -0.39 is 0 Å². The largest absolute Gasteiger partial charge is 0.326 e. The van der Waals surface area contributed by atoms with Crippen molar-refractivity contribution in [1.29, 1.82) is 0 Å². The molecule has 3 nitrogen and oxygen atoms in total. The van der Waals surface area contributed by atoms with E-state index >= 15 is 0 Å². The van der Waals surface area contributed by atoms with Crippen LogP contribution in [-0.4, -0.2) is 37.8 Å². The highest BCUT2D eigenvalue weighted by Crippen LogP contribution is 2.36. The summed E-state index contributed by atoms with van der Waals surface area (Å²) in [7, 11) is 1.97. The Balaban J connectivity index is 2.10. The second-order valence-corrected chi connectivity index (χ2v) is 8.22. The molecule has 1 aliphatic rings. The minimum Gasteiger partial charge on any atom is -0.326 e. The Morgan fingerprint density at radius 3 is 2.70 bits per heavy atom. The lowest BCUT2D eigenvalue weighted by atomic mass is 10.0. The molecule has 1 fully saturated rings. The molecule has 3 unspecified atom stereocenters. The molecule has 114 valence electrons. The second kappa shape index (κ2) is 7.43. The molecule has 20 heavy (non-hydrogen) atoms. The van der Waals surface area contributed by atoms with Crippen molar-refractivity contribution >= 4 is 35.1 Å². The van der Waals surface area contributed by atoms with Crippen LogP contribution in [-0.2, 0) is 19.9 Å². The quantitative estimate of drug-likeness (QED) is 0.899. The maximum absolute atomic E-state index is 6.50. The summed E-state index contributed by atoms with van der Waals surface area (Å²) in [6.45, 7) is 4.34. The molecule has 6 heteroatoms. The van der Waals surface area contributed by atoms with Gasteiger partial charge in [0.25, 0.3) is 0 Å². The summed E-state index contributed by atoms with van der Waals surface area (Å²) in [5.74, 6) is 2.46. The van der Waals surface area contributed by atoms with E-state index in [1.165, 1.54) is 17.9 Å². The maximum atomic E-state index is 6.50. The molecule has 0 spiro atoms. The normalized spacial score (nSPS) is 24.9. The fraction of sp³-hybridized carbons (Fsp3) is 0.786. The van der Waals surface area contributed by atoms with Crippen molar-refractivity contribution in [3.63, 3.8) is 0 Å². The molecule has 0 bridgehead atoms. The van der Waals surface area contributed by atoms with Gasteiger partial charge in [-0.15, -0.1) is 0 Å². The van der Waals surface area contributed by atoms with Crippen molar-refractivity contribution < 1.29 is 0 Å². The third-order valence-electron chi connectivity index (χ3n) is 3.85. The fourth-order valence-electron chi connectivity index (χ4n) is 2.72. The fourth-order valence-corrected chi connectivity index (χ4v) is 6.28. The number of halogens is 1. The SMILES string of the molecule is CCc1nn(C)c(CC(N)C2SCCSC2CC)c1Cl. The molecule has 0 aromatic carbocycles. The van der Waals surface area contributed by atoms with Crippen LogP contribution in [0, 0.1) is 0 Å². The summed E-state index contributed by atoms with van der Waals surface area (Å²) in [5.41, 5.74) is 8.57. The van der Waals surface area contributed by atoms with Crippen LogP contribution in [0.3, 0.4) is 0 Å². The number of nitrogens with two attached hydrogens (primary N) is 1. The number of hydrogen-bond acceptors (Lipinski definition) is 4. The van der Waals surface area contributed by atoms with E-state index in [9.17, 15) is 0 Å². The van der Waals surface area contributed by atoms with Crippen molar-refractivity contribution in [3.05, 3.63) is 16.4 Å². The Bertz CT molecular complexity index is 450. The smallest absolute Gasteiger partial charge is 0.0850 e. The number of rotatable bonds is 5. The zero-order chi connectivity index (χ0) is 14.7. The van der Waals surface area contributed by atoms with Gasteiger partial charge in [-0.05, 0) is 12.8 Å². The van der Waals surface area contributed by atoms with Gasteiger partial charge in [0.15, 0.2) is 0 Å². The van der Waals surface area contributed by atoms with Crippen LogP contribution >= 0.6 is 35.1 Å². The summed E-state index contributed by atoms with van der Waals surface area (Å²) >= 11 is 10.5. The standard InChI is InChI=1S/C14H24ClN3S2/c1-4-10-13(15)11(18(3)17-10)8-9(16)14-12(5-2)19-6-7-20-14/h9,12,14H,4-8,16H2,1-3H3. The first-order valence-corrected chi connectivity index (χ1v) is 9.75. The summed E-state index contributed by atoms with van der Waals surface area (Å²) in [6, 6.07) is 0.148. The molecule has 3 atom stereocenters. The van der Waals surface area contributed by atoms with Gasteiger partial charge in [0, 0.05) is 41.5 Å². The molecule has 2 heterocycles. The van der Waals surface area contributed by atoms with E-state index in [-0.39, 0.29) is 6.04 Å². The number of aryl methyl sites for hydroxylation is 2. The van der Waals surface area contributed by atoms with Crippen LogP contribution in [0.5, 0.6) is 0 Å². The van der Waals surface area contributed by atoms with Crippen LogP contribution in [0.15, 0.2) is 0 Å². The molecular formula is C14H24ClN3S2. The Morgan fingerprint density at radius 2 is 2.10 bits per heavy atom. The summed E-state index contributed by atoms with van der Waals surface area (Å²) < 4.78 is 1.91. The Hall–Kier alpha value is 0.160. The number of nitrogens with zero attached hydrogens (tertiary/aromatic N) is 2. The van der Waals surface area contributed by atoms with Gasteiger partial charge in [0.05, 0.1) is 16.4 Å². The topological polar surface area (TPSA) is 43.8 Å². The zero-order valence-corrected chi connectivity index (χ0v) is 14.8. The van der Waals surface area contributed by atoms with Gasteiger partial charge in [-0.25, -0.2) is 0 Å². The van der Waals surface area contributed by atoms with E-state index in [2.05, 4.69) is 30.7 Å². The lowest BCUT2D eigenvalue weighted by molar-refractivity contribution is 0.570. The Morgan fingerprint density at radius 1 is 1.40 bits per heavy atom. The van der Waals surface area contributed by atoms with Gasteiger partial charge < -0.3 is 5.73 Å². The summed E-state index contributed by atoms with van der Waals surface area (Å²) in [4.78, 5) is 0. The number of thioether (sulfide) groups is 2. The predicted octanol–water partition coefficient (Wildman–Crippen LogP) is 3.13. The molecule has 0 amide bonds. The number of aromatic nitrogens is 2. The van der Waals surface area contributed by atoms with E-state index in [0.29, 0.717) is 10.5 Å². The molecule has 1 saturated heterocycles. The average Bonchev–Trinajstić information content (AvgIpc) is 2.74. The highest BCUT2D eigenvalue weighted by atomic mass is 35.5. The first-order valence-electron chi connectivity index (χ1n) is 7.27. The van der Waals surface area contributed by atoms with Crippen molar-refractivity contribution in [2.45, 2.75) is 49.7 Å². The summed E-state index contributed by atoms with van der Waals surface area (Å²) in [6.07, 6.45) is 2.87. The lowest BCUT2D eigenvalue weighted by Crippen LogP contribution is -2.43. The molecule has 2 rings (SSSR count). The molecule has 0 saturated carbocycles. The summed E-state index contributed by atoms with van der Waals surface area (Å²) in [5, 5.41) is 6.49.